The smallest absolute Gasteiger partial charge is 0.224 e. The van der Waals surface area contributed by atoms with Crippen LogP contribution in [0.1, 0.15) is 42.6 Å². The predicted molar refractivity (Wildman–Crippen MR) is 146 cm³/mol. The SMILES string of the molecule is CCOc1ccc(C(=O)CCC(=O)Nc2ccn(Cc3ccccc3)c2-c2ccccc2)cc1OCC. The normalized spacial score (nSPS) is 10.6. The van der Waals surface area contributed by atoms with Crippen molar-refractivity contribution in [1.82, 2.24) is 4.57 Å². The molecule has 1 amide bonds. The summed E-state index contributed by atoms with van der Waals surface area (Å²) in [6, 6.07) is 27.2. The van der Waals surface area contributed by atoms with Crippen molar-refractivity contribution in [1.29, 1.82) is 0 Å². The fraction of sp³-hybridized carbons (Fsp3) is 0.226. The van der Waals surface area contributed by atoms with Gasteiger partial charge in [0.1, 0.15) is 0 Å². The van der Waals surface area contributed by atoms with Crippen LogP contribution in [0, 0.1) is 0 Å². The second-order valence-corrected chi connectivity index (χ2v) is 8.56. The first-order chi connectivity index (χ1) is 18.1. The highest BCUT2D eigenvalue weighted by molar-refractivity contribution is 6.01. The van der Waals surface area contributed by atoms with E-state index in [1.54, 1.807) is 18.2 Å². The van der Waals surface area contributed by atoms with Gasteiger partial charge in [-0.2, -0.15) is 0 Å². The third-order valence-corrected chi connectivity index (χ3v) is 5.93. The molecule has 0 aliphatic carbocycles. The number of hydrogen-bond acceptors (Lipinski definition) is 4. The average Bonchev–Trinajstić information content (AvgIpc) is 3.31. The van der Waals surface area contributed by atoms with Crippen molar-refractivity contribution in [3.63, 3.8) is 0 Å². The van der Waals surface area contributed by atoms with Crippen molar-refractivity contribution in [3.05, 3.63) is 102 Å². The lowest BCUT2D eigenvalue weighted by atomic mass is 10.1. The monoisotopic (exact) mass is 496 g/mol. The number of aromatic nitrogens is 1. The Balaban J connectivity index is 1.46. The Morgan fingerprint density at radius 1 is 0.784 bits per heavy atom. The Labute approximate surface area is 217 Å². The van der Waals surface area contributed by atoms with Crippen molar-refractivity contribution in [3.8, 4) is 22.8 Å². The van der Waals surface area contributed by atoms with Gasteiger partial charge in [-0.05, 0) is 43.7 Å². The van der Waals surface area contributed by atoms with Crippen LogP contribution in [0.2, 0.25) is 0 Å². The highest BCUT2D eigenvalue weighted by Gasteiger charge is 2.17. The first-order valence-electron chi connectivity index (χ1n) is 12.6. The summed E-state index contributed by atoms with van der Waals surface area (Å²) in [6.45, 7) is 5.43. The number of ketones is 1. The van der Waals surface area contributed by atoms with Gasteiger partial charge in [-0.15, -0.1) is 0 Å². The van der Waals surface area contributed by atoms with Gasteiger partial charge in [0.05, 0.1) is 24.6 Å². The molecule has 4 aromatic rings. The van der Waals surface area contributed by atoms with E-state index in [1.165, 1.54) is 5.56 Å². The van der Waals surface area contributed by atoms with E-state index in [0.29, 0.717) is 36.8 Å². The number of hydrogen-bond donors (Lipinski definition) is 1. The molecule has 1 heterocycles. The summed E-state index contributed by atoms with van der Waals surface area (Å²) >= 11 is 0. The molecule has 0 unspecified atom stereocenters. The fourth-order valence-corrected chi connectivity index (χ4v) is 4.21. The zero-order valence-corrected chi connectivity index (χ0v) is 21.3. The van der Waals surface area contributed by atoms with E-state index in [4.69, 9.17) is 9.47 Å². The number of carbonyl (C=O) groups is 2. The quantitative estimate of drug-likeness (QED) is 0.224. The Morgan fingerprint density at radius 2 is 1.46 bits per heavy atom. The summed E-state index contributed by atoms with van der Waals surface area (Å²) in [7, 11) is 0. The summed E-state index contributed by atoms with van der Waals surface area (Å²) in [5, 5.41) is 3.02. The maximum Gasteiger partial charge on any atom is 0.224 e. The van der Waals surface area contributed by atoms with E-state index in [0.717, 1.165) is 16.9 Å². The largest absolute Gasteiger partial charge is 0.490 e. The molecule has 6 heteroatoms. The lowest BCUT2D eigenvalue weighted by molar-refractivity contribution is -0.116. The minimum atomic E-state index is -0.209. The van der Waals surface area contributed by atoms with Crippen molar-refractivity contribution in [2.75, 3.05) is 18.5 Å². The predicted octanol–water partition coefficient (Wildman–Crippen LogP) is 6.60. The lowest BCUT2D eigenvalue weighted by Crippen LogP contribution is -2.14. The number of carbonyl (C=O) groups excluding carboxylic acids is 2. The molecule has 0 spiro atoms. The first-order valence-corrected chi connectivity index (χ1v) is 12.6. The van der Waals surface area contributed by atoms with Crippen LogP contribution in [0.4, 0.5) is 5.69 Å². The topological polar surface area (TPSA) is 69.6 Å². The Hall–Kier alpha value is -4.32. The lowest BCUT2D eigenvalue weighted by Gasteiger charge is -2.13. The molecule has 37 heavy (non-hydrogen) atoms. The molecule has 6 nitrogen and oxygen atoms in total. The van der Waals surface area contributed by atoms with Gasteiger partial charge >= 0.3 is 0 Å². The molecule has 0 aliphatic rings. The van der Waals surface area contributed by atoms with Gasteiger partial charge < -0.3 is 19.4 Å². The number of ether oxygens (including phenoxy) is 2. The van der Waals surface area contributed by atoms with E-state index in [2.05, 4.69) is 22.0 Å². The average molecular weight is 497 g/mol. The van der Waals surface area contributed by atoms with E-state index < -0.39 is 0 Å². The van der Waals surface area contributed by atoms with Crippen LogP contribution < -0.4 is 14.8 Å². The zero-order chi connectivity index (χ0) is 26.0. The standard InChI is InChI=1S/C31H32N2O4/c1-3-36-28-17-15-25(21-29(28)37-4-2)27(34)16-18-30(35)32-26-19-20-33(22-23-11-7-5-8-12-23)31(26)24-13-9-6-10-14-24/h5-15,17,19-21H,3-4,16,18,22H2,1-2H3,(H,32,35). The van der Waals surface area contributed by atoms with Crippen LogP contribution in [0.15, 0.2) is 91.1 Å². The third kappa shape index (κ3) is 6.67. The molecule has 3 aromatic carbocycles. The fourth-order valence-electron chi connectivity index (χ4n) is 4.21. The molecule has 190 valence electrons. The minimum absolute atomic E-state index is 0.0775. The summed E-state index contributed by atoms with van der Waals surface area (Å²) in [5.41, 5.74) is 4.32. The molecule has 1 aromatic heterocycles. The molecule has 0 bridgehead atoms. The number of nitrogens with zero attached hydrogens (tertiary/aromatic N) is 1. The highest BCUT2D eigenvalue weighted by atomic mass is 16.5. The van der Waals surface area contributed by atoms with E-state index >= 15 is 0 Å². The Morgan fingerprint density at radius 3 is 2.16 bits per heavy atom. The molecular weight excluding hydrogens is 464 g/mol. The Kier molecular flexibility index (Phi) is 8.76. The number of rotatable bonds is 12. The molecule has 0 saturated heterocycles. The van der Waals surface area contributed by atoms with Crippen LogP contribution in [0.3, 0.4) is 0 Å². The van der Waals surface area contributed by atoms with E-state index in [1.807, 2.05) is 74.6 Å². The second-order valence-electron chi connectivity index (χ2n) is 8.56. The number of Topliss-reactive ketones (excluding diaryl/α,β-unsaturated/α-hetero) is 1. The summed E-state index contributed by atoms with van der Waals surface area (Å²) < 4.78 is 13.3. The van der Waals surface area contributed by atoms with Crippen molar-refractivity contribution >= 4 is 17.4 Å². The van der Waals surface area contributed by atoms with E-state index in [9.17, 15) is 9.59 Å². The molecule has 0 radical (unpaired) electrons. The summed E-state index contributed by atoms with van der Waals surface area (Å²) in [5.74, 6) is 0.807. The van der Waals surface area contributed by atoms with Crippen molar-refractivity contribution in [2.24, 2.45) is 0 Å². The van der Waals surface area contributed by atoms with Gasteiger partial charge in [0.15, 0.2) is 17.3 Å². The van der Waals surface area contributed by atoms with Crippen molar-refractivity contribution < 1.29 is 19.1 Å². The molecule has 1 N–H and O–H groups in total. The molecule has 0 atom stereocenters. The van der Waals surface area contributed by atoms with Gasteiger partial charge in [-0.3, -0.25) is 9.59 Å². The maximum atomic E-state index is 12.9. The second kappa shape index (κ2) is 12.6. The molecule has 0 fully saturated rings. The van der Waals surface area contributed by atoms with Crippen LogP contribution in [-0.2, 0) is 11.3 Å². The van der Waals surface area contributed by atoms with Crippen molar-refractivity contribution in [2.45, 2.75) is 33.2 Å². The zero-order valence-electron chi connectivity index (χ0n) is 21.3. The molecule has 0 saturated carbocycles. The summed E-state index contributed by atoms with van der Waals surface area (Å²) in [6.07, 6.45) is 2.15. The highest BCUT2D eigenvalue weighted by Crippen LogP contribution is 2.31. The molecule has 4 rings (SSSR count). The third-order valence-electron chi connectivity index (χ3n) is 5.93. The molecular formula is C31H32N2O4. The number of benzene rings is 3. The first kappa shape index (κ1) is 25.8. The van der Waals surface area contributed by atoms with Crippen LogP contribution in [-0.4, -0.2) is 29.5 Å². The number of nitrogens with one attached hydrogen (secondary N) is 1. The van der Waals surface area contributed by atoms with Gasteiger partial charge in [0, 0.05) is 36.7 Å². The minimum Gasteiger partial charge on any atom is -0.490 e. The number of anilines is 1. The van der Waals surface area contributed by atoms with Crippen LogP contribution >= 0.6 is 0 Å². The van der Waals surface area contributed by atoms with Gasteiger partial charge in [-0.1, -0.05) is 60.7 Å². The van der Waals surface area contributed by atoms with Gasteiger partial charge in [0.2, 0.25) is 5.91 Å². The molecule has 0 aliphatic heterocycles. The van der Waals surface area contributed by atoms with E-state index in [-0.39, 0.29) is 24.5 Å². The Bertz CT molecular complexity index is 1330. The van der Waals surface area contributed by atoms with Gasteiger partial charge in [-0.25, -0.2) is 0 Å². The summed E-state index contributed by atoms with van der Waals surface area (Å²) in [4.78, 5) is 25.7. The van der Waals surface area contributed by atoms with Crippen LogP contribution in [0.25, 0.3) is 11.3 Å². The van der Waals surface area contributed by atoms with Crippen LogP contribution in [0.5, 0.6) is 11.5 Å². The number of amides is 1. The maximum absolute atomic E-state index is 12.9. The van der Waals surface area contributed by atoms with Gasteiger partial charge in [0.25, 0.3) is 0 Å².